The van der Waals surface area contributed by atoms with Crippen molar-refractivity contribution in [1.82, 2.24) is 14.8 Å². The highest BCUT2D eigenvalue weighted by Gasteiger charge is 2.14. The summed E-state index contributed by atoms with van der Waals surface area (Å²) in [7, 11) is 0. The Morgan fingerprint density at radius 3 is 2.67 bits per heavy atom. The van der Waals surface area contributed by atoms with Gasteiger partial charge in [-0.1, -0.05) is 42.1 Å². The largest absolute Gasteiger partial charge is 0.486 e. The van der Waals surface area contributed by atoms with Gasteiger partial charge in [0.05, 0.1) is 5.75 Å². The number of carbonyl (C=O) groups is 1. The average molecular weight is 423 g/mol. The maximum atomic E-state index is 12.3. The lowest BCUT2D eigenvalue weighted by molar-refractivity contribution is -0.113. The van der Waals surface area contributed by atoms with Crippen molar-refractivity contribution in [3.8, 4) is 5.75 Å². The van der Waals surface area contributed by atoms with Gasteiger partial charge in [0.2, 0.25) is 5.91 Å². The van der Waals surface area contributed by atoms with E-state index in [1.54, 1.807) is 6.08 Å². The second-order valence-corrected chi connectivity index (χ2v) is 7.93. The van der Waals surface area contributed by atoms with Crippen molar-refractivity contribution in [1.29, 1.82) is 0 Å². The molecule has 1 N–H and O–H groups in total. The summed E-state index contributed by atoms with van der Waals surface area (Å²) in [6, 6.07) is 13.7. The van der Waals surface area contributed by atoms with Crippen molar-refractivity contribution in [2.75, 3.05) is 11.1 Å². The van der Waals surface area contributed by atoms with E-state index in [1.165, 1.54) is 22.9 Å². The molecule has 2 aromatic carbocycles. The van der Waals surface area contributed by atoms with E-state index < -0.39 is 0 Å². The SMILES string of the molecule is C=CCn1c(COc2ccc(C)c(C)c2)nnc1SCC(=O)Nc1ccccc1C. The van der Waals surface area contributed by atoms with Crippen LogP contribution in [0.4, 0.5) is 5.69 Å². The maximum absolute atomic E-state index is 12.3. The minimum atomic E-state index is -0.0876. The third kappa shape index (κ3) is 5.51. The monoisotopic (exact) mass is 422 g/mol. The first-order chi connectivity index (χ1) is 14.5. The zero-order valence-corrected chi connectivity index (χ0v) is 18.3. The molecule has 1 heterocycles. The van der Waals surface area contributed by atoms with Crippen molar-refractivity contribution >= 4 is 23.4 Å². The molecule has 0 saturated carbocycles. The van der Waals surface area contributed by atoms with E-state index in [1.807, 2.05) is 54.0 Å². The molecule has 0 aliphatic rings. The van der Waals surface area contributed by atoms with Gasteiger partial charge in [0, 0.05) is 12.2 Å². The summed E-state index contributed by atoms with van der Waals surface area (Å²) >= 11 is 1.34. The van der Waals surface area contributed by atoms with E-state index >= 15 is 0 Å². The van der Waals surface area contributed by atoms with E-state index in [-0.39, 0.29) is 11.7 Å². The summed E-state index contributed by atoms with van der Waals surface area (Å²) in [5.74, 6) is 1.63. The standard InChI is InChI=1S/C23H26N4O2S/c1-5-12-27-21(14-29-19-11-10-16(2)18(4)13-19)25-26-23(27)30-15-22(28)24-20-9-7-6-8-17(20)3/h5-11,13H,1,12,14-15H2,2-4H3,(H,24,28). The fourth-order valence-corrected chi connectivity index (χ4v) is 3.59. The summed E-state index contributed by atoms with van der Waals surface area (Å²) in [6.07, 6.45) is 1.78. The number of aryl methyl sites for hydroxylation is 3. The third-order valence-electron chi connectivity index (χ3n) is 4.70. The number of aromatic nitrogens is 3. The summed E-state index contributed by atoms with van der Waals surface area (Å²) in [4.78, 5) is 12.3. The van der Waals surface area contributed by atoms with Gasteiger partial charge in [0.15, 0.2) is 11.0 Å². The van der Waals surface area contributed by atoms with Gasteiger partial charge in [-0.05, 0) is 55.7 Å². The second kappa shape index (κ2) is 10.1. The molecule has 0 aliphatic carbocycles. The number of ether oxygens (including phenoxy) is 1. The molecule has 3 rings (SSSR count). The van der Waals surface area contributed by atoms with Gasteiger partial charge >= 0.3 is 0 Å². The summed E-state index contributed by atoms with van der Waals surface area (Å²) < 4.78 is 7.82. The van der Waals surface area contributed by atoms with Crippen LogP contribution in [0.15, 0.2) is 60.3 Å². The Hall–Kier alpha value is -3.06. The number of amides is 1. The molecule has 1 amide bonds. The number of anilines is 1. The quantitative estimate of drug-likeness (QED) is 0.400. The van der Waals surface area contributed by atoms with E-state index in [0.717, 1.165) is 17.0 Å². The Morgan fingerprint density at radius 1 is 1.13 bits per heavy atom. The molecule has 0 radical (unpaired) electrons. The number of benzene rings is 2. The van der Waals surface area contributed by atoms with Crippen molar-refractivity contribution in [2.45, 2.75) is 39.1 Å². The van der Waals surface area contributed by atoms with Crippen molar-refractivity contribution < 1.29 is 9.53 Å². The highest BCUT2D eigenvalue weighted by molar-refractivity contribution is 7.99. The molecule has 0 fully saturated rings. The van der Waals surface area contributed by atoms with Crippen LogP contribution in [0.3, 0.4) is 0 Å². The van der Waals surface area contributed by atoms with Crippen LogP contribution in [-0.2, 0) is 17.9 Å². The van der Waals surface area contributed by atoms with Crippen LogP contribution in [0, 0.1) is 20.8 Å². The third-order valence-corrected chi connectivity index (χ3v) is 5.67. The van der Waals surface area contributed by atoms with Crippen LogP contribution < -0.4 is 10.1 Å². The number of hydrogen-bond donors (Lipinski definition) is 1. The Bertz CT molecular complexity index is 1050. The summed E-state index contributed by atoms with van der Waals surface area (Å²) in [6.45, 7) is 10.7. The first-order valence-electron chi connectivity index (χ1n) is 9.69. The first kappa shape index (κ1) is 21.6. The molecule has 0 bridgehead atoms. The summed E-state index contributed by atoms with van der Waals surface area (Å²) in [5, 5.41) is 12.1. The van der Waals surface area contributed by atoms with Gasteiger partial charge in [-0.15, -0.1) is 16.8 Å². The predicted octanol–water partition coefficient (Wildman–Crippen LogP) is 4.70. The summed E-state index contributed by atoms with van der Waals surface area (Å²) in [5.41, 5.74) is 4.24. The van der Waals surface area contributed by atoms with Crippen LogP contribution in [0.1, 0.15) is 22.5 Å². The Labute approximate surface area is 181 Å². The fourth-order valence-electron chi connectivity index (χ4n) is 2.83. The molecule has 3 aromatic rings. The van der Waals surface area contributed by atoms with Crippen molar-refractivity contribution in [3.05, 3.63) is 77.6 Å². The molecule has 7 heteroatoms. The maximum Gasteiger partial charge on any atom is 0.234 e. The number of hydrogen-bond acceptors (Lipinski definition) is 5. The lowest BCUT2D eigenvalue weighted by Crippen LogP contribution is -2.15. The van der Waals surface area contributed by atoms with Gasteiger partial charge in [0.1, 0.15) is 12.4 Å². The number of para-hydroxylation sites is 1. The minimum absolute atomic E-state index is 0.0876. The zero-order chi connectivity index (χ0) is 21.5. The number of rotatable bonds is 9. The van der Waals surface area contributed by atoms with E-state index in [2.05, 4.69) is 35.9 Å². The minimum Gasteiger partial charge on any atom is -0.486 e. The zero-order valence-electron chi connectivity index (χ0n) is 17.5. The molecule has 0 unspecified atom stereocenters. The molecule has 0 aliphatic heterocycles. The highest BCUT2D eigenvalue weighted by atomic mass is 32.2. The first-order valence-corrected chi connectivity index (χ1v) is 10.7. The topological polar surface area (TPSA) is 69.0 Å². The molecular weight excluding hydrogens is 396 g/mol. The van der Waals surface area contributed by atoms with Crippen LogP contribution in [-0.4, -0.2) is 26.4 Å². The molecule has 0 spiro atoms. The van der Waals surface area contributed by atoms with Gasteiger partial charge in [-0.3, -0.25) is 9.36 Å². The lowest BCUT2D eigenvalue weighted by atomic mass is 10.1. The van der Waals surface area contributed by atoms with Crippen LogP contribution in [0.5, 0.6) is 5.75 Å². The average Bonchev–Trinajstić information content (AvgIpc) is 3.11. The number of nitrogens with zero attached hydrogens (tertiary/aromatic N) is 3. The van der Waals surface area contributed by atoms with Crippen molar-refractivity contribution in [2.24, 2.45) is 0 Å². The van der Waals surface area contributed by atoms with Gasteiger partial charge in [-0.25, -0.2) is 0 Å². The molecule has 6 nitrogen and oxygen atoms in total. The van der Waals surface area contributed by atoms with E-state index in [4.69, 9.17) is 4.74 Å². The number of allylic oxidation sites excluding steroid dienone is 1. The number of carbonyl (C=O) groups excluding carboxylic acids is 1. The van der Waals surface area contributed by atoms with Crippen LogP contribution in [0.25, 0.3) is 0 Å². The molecule has 0 atom stereocenters. The second-order valence-electron chi connectivity index (χ2n) is 6.98. The molecule has 30 heavy (non-hydrogen) atoms. The number of nitrogens with one attached hydrogen (secondary N) is 1. The Morgan fingerprint density at radius 2 is 1.93 bits per heavy atom. The molecule has 156 valence electrons. The smallest absolute Gasteiger partial charge is 0.234 e. The number of thioether (sulfide) groups is 1. The molecule has 1 aromatic heterocycles. The Balaban J connectivity index is 1.63. The van der Waals surface area contributed by atoms with E-state index in [9.17, 15) is 4.79 Å². The van der Waals surface area contributed by atoms with E-state index in [0.29, 0.717) is 24.1 Å². The van der Waals surface area contributed by atoms with Crippen molar-refractivity contribution in [3.63, 3.8) is 0 Å². The lowest BCUT2D eigenvalue weighted by Gasteiger charge is -2.11. The molecular formula is C23H26N4O2S. The Kier molecular flexibility index (Phi) is 7.30. The van der Waals surface area contributed by atoms with Gasteiger partial charge < -0.3 is 10.1 Å². The fraction of sp³-hybridized carbons (Fsp3) is 0.261. The normalized spacial score (nSPS) is 10.6. The van der Waals surface area contributed by atoms with Crippen LogP contribution >= 0.6 is 11.8 Å². The van der Waals surface area contributed by atoms with Crippen LogP contribution in [0.2, 0.25) is 0 Å². The highest BCUT2D eigenvalue weighted by Crippen LogP contribution is 2.21. The van der Waals surface area contributed by atoms with Gasteiger partial charge in [-0.2, -0.15) is 0 Å². The van der Waals surface area contributed by atoms with Gasteiger partial charge in [0.25, 0.3) is 0 Å². The predicted molar refractivity (Wildman–Crippen MR) is 121 cm³/mol. The molecule has 0 saturated heterocycles.